The Kier molecular flexibility index (Phi) is 16.5. The van der Waals surface area contributed by atoms with Crippen molar-refractivity contribution in [1.82, 2.24) is 60.8 Å². The number of sulfone groups is 1. The molecule has 3 saturated heterocycles. The van der Waals surface area contributed by atoms with E-state index in [0.29, 0.717) is 86.9 Å². The monoisotopic (exact) mass is 1090 g/mol. The summed E-state index contributed by atoms with van der Waals surface area (Å²) in [5, 5.41) is 19.3. The molecular formula is C54H70N14O9S. The van der Waals surface area contributed by atoms with E-state index in [-0.39, 0.29) is 53.9 Å². The number of rotatable bonds is 15. The average molecular weight is 1090 g/mol. The lowest BCUT2D eigenvalue weighted by Gasteiger charge is -2.39. The number of H-pyrrole nitrogens is 1. The van der Waals surface area contributed by atoms with E-state index in [2.05, 4.69) is 62.4 Å². The molecule has 78 heavy (non-hydrogen) atoms. The normalized spacial score (nSPS) is 20.4. The number of nitrogens with one attached hydrogen (secondary N) is 5. The second-order valence-electron chi connectivity index (χ2n) is 21.4. The van der Waals surface area contributed by atoms with E-state index in [1.807, 2.05) is 36.9 Å². The molecule has 6 heterocycles. The molecule has 2 aromatic carbocycles. The molecule has 5 N–H and O–H groups in total. The second kappa shape index (κ2) is 23.2. The van der Waals surface area contributed by atoms with Crippen LogP contribution in [0.4, 0.5) is 22.4 Å². The van der Waals surface area contributed by atoms with Gasteiger partial charge in [0.1, 0.15) is 34.9 Å². The molecule has 416 valence electrons. The zero-order valence-electron chi connectivity index (χ0n) is 45.3. The first-order valence-corrected chi connectivity index (χ1v) is 28.2. The number of piperazine rings is 1. The Labute approximate surface area is 453 Å². The molecule has 5 aromatic rings. The second-order valence-corrected chi connectivity index (χ2v) is 24.1. The standard InChI is InChI=1S/C54H70N14O9S/c1-32-33(2)63-64-46(32)62-47-39-26-45(78(74,75)54(4,5)6)44(27-41(39)58-31-59-47)76-25-11-19-65-21-23-66(24-22-65)52-56-28-36(29-57-52)50(71)67-20-18-37-16-17-43(49(70)60-40-15-10-13-35-12-8-9-14-38(35)40)68(37)51(72)42(30-67)61-48(69)34(3)77-53(73)55-7/h8-9,12,14,26-29,31,34,37,40,42-43H,10-11,13,15-25,30H2,1-7H3,(H,55,73)(H,60,70)(H,61,69)(H2,58,59,62,63,64)/t34?,37-,40-,42+,43+/m1/s1. The Hall–Kier alpha value is -7.47. The minimum absolute atomic E-state index is 0.0557. The topological polar surface area (TPSA) is 279 Å². The number of fused-ring (bicyclic) bond motifs is 3. The zero-order chi connectivity index (χ0) is 55.5. The van der Waals surface area contributed by atoms with Crippen LogP contribution >= 0.6 is 0 Å². The summed E-state index contributed by atoms with van der Waals surface area (Å²) in [4.78, 5) is 94.1. The van der Waals surface area contributed by atoms with E-state index in [1.165, 1.54) is 43.2 Å². The summed E-state index contributed by atoms with van der Waals surface area (Å²) >= 11 is 0. The van der Waals surface area contributed by atoms with Gasteiger partial charge in [-0.3, -0.25) is 29.2 Å². The average Bonchev–Trinajstić information content (AvgIpc) is 4.11. The van der Waals surface area contributed by atoms with Crippen LogP contribution in [0.5, 0.6) is 5.75 Å². The number of carbonyl (C=O) groups is 5. The fourth-order valence-corrected chi connectivity index (χ4v) is 11.9. The maximum Gasteiger partial charge on any atom is 0.407 e. The molecule has 0 saturated carbocycles. The predicted molar refractivity (Wildman–Crippen MR) is 290 cm³/mol. The highest BCUT2D eigenvalue weighted by molar-refractivity contribution is 7.92. The third-order valence-corrected chi connectivity index (χ3v) is 17.9. The number of amides is 5. The lowest BCUT2D eigenvalue weighted by molar-refractivity contribution is -0.145. The Balaban J connectivity index is 0.815. The van der Waals surface area contributed by atoms with E-state index in [1.54, 1.807) is 37.8 Å². The van der Waals surface area contributed by atoms with E-state index < -0.39 is 56.6 Å². The Morgan fingerprint density at radius 3 is 2.37 bits per heavy atom. The van der Waals surface area contributed by atoms with Gasteiger partial charge in [0.15, 0.2) is 21.8 Å². The van der Waals surface area contributed by atoms with E-state index in [9.17, 15) is 32.4 Å². The van der Waals surface area contributed by atoms with Crippen LogP contribution in [0.1, 0.15) is 105 Å². The molecule has 1 aliphatic carbocycles. The fourth-order valence-electron chi connectivity index (χ4n) is 10.6. The SMILES string of the molecule is CNC(=O)OC(C)C(=O)N[C@H]1CN(C(=O)c2cnc(N3CCN(CCCOc4cc5ncnc(Nc6n[nH]c(C)c6C)c5cc4S(=O)(=O)C(C)(C)C)CC3)nc2)CC[C@H]2CC[C@@H](C(=O)N[C@@H]3CCCc4ccccc43)N2C1=O. The number of carbonyl (C=O) groups excluding carboxylic acids is 5. The smallest absolute Gasteiger partial charge is 0.407 e. The summed E-state index contributed by atoms with van der Waals surface area (Å²) in [5.41, 5.74) is 4.80. The number of hydrogen-bond donors (Lipinski definition) is 5. The highest BCUT2D eigenvalue weighted by Crippen LogP contribution is 2.38. The Bertz CT molecular complexity index is 3160. The number of benzene rings is 2. The van der Waals surface area contributed by atoms with Crippen molar-refractivity contribution in [2.75, 3.05) is 69.7 Å². The summed E-state index contributed by atoms with van der Waals surface area (Å²) in [6, 6.07) is 8.70. The van der Waals surface area contributed by atoms with Crippen molar-refractivity contribution in [3.8, 4) is 5.75 Å². The lowest BCUT2D eigenvalue weighted by atomic mass is 9.87. The zero-order valence-corrected chi connectivity index (χ0v) is 46.1. The highest BCUT2D eigenvalue weighted by Gasteiger charge is 2.46. The van der Waals surface area contributed by atoms with E-state index in [0.717, 1.165) is 36.1 Å². The van der Waals surface area contributed by atoms with Crippen molar-refractivity contribution in [3.63, 3.8) is 0 Å². The fraction of sp³-hybridized carbons (Fsp3) is 0.519. The van der Waals surface area contributed by atoms with Gasteiger partial charge in [0.25, 0.3) is 11.8 Å². The predicted octanol–water partition coefficient (Wildman–Crippen LogP) is 4.30. The molecule has 0 radical (unpaired) electrons. The highest BCUT2D eigenvalue weighted by atomic mass is 32.2. The van der Waals surface area contributed by atoms with Crippen molar-refractivity contribution in [2.45, 2.75) is 126 Å². The van der Waals surface area contributed by atoms with Gasteiger partial charge in [0.2, 0.25) is 17.8 Å². The Morgan fingerprint density at radius 1 is 0.897 bits per heavy atom. The molecular weight excluding hydrogens is 1020 g/mol. The van der Waals surface area contributed by atoms with Gasteiger partial charge in [-0.15, -0.1) is 0 Å². The maximum atomic E-state index is 14.7. The van der Waals surface area contributed by atoms with Crippen molar-refractivity contribution in [3.05, 3.63) is 83.1 Å². The molecule has 3 fully saturated rings. The molecule has 0 spiro atoms. The molecule has 3 aromatic heterocycles. The number of aromatic amines is 1. The molecule has 4 aliphatic rings. The van der Waals surface area contributed by atoms with Crippen LogP contribution in [0.2, 0.25) is 0 Å². The molecule has 23 nitrogen and oxygen atoms in total. The summed E-state index contributed by atoms with van der Waals surface area (Å²) in [7, 11) is -2.50. The third kappa shape index (κ3) is 11.8. The third-order valence-electron chi connectivity index (χ3n) is 15.3. The molecule has 5 atom stereocenters. The van der Waals surface area contributed by atoms with Crippen LogP contribution in [0.15, 0.2) is 60.0 Å². The molecule has 9 rings (SSSR count). The number of nitrogens with zero attached hydrogens (tertiary/aromatic N) is 9. The van der Waals surface area contributed by atoms with Crippen molar-refractivity contribution in [2.24, 2.45) is 0 Å². The first-order valence-electron chi connectivity index (χ1n) is 26.7. The van der Waals surface area contributed by atoms with Gasteiger partial charge in [-0.25, -0.2) is 33.1 Å². The summed E-state index contributed by atoms with van der Waals surface area (Å²) in [6.45, 7) is 13.8. The van der Waals surface area contributed by atoms with Gasteiger partial charge < -0.3 is 45.4 Å². The van der Waals surface area contributed by atoms with Gasteiger partial charge in [-0.05, 0) is 104 Å². The van der Waals surface area contributed by atoms with Crippen LogP contribution in [-0.2, 0) is 35.4 Å². The quantitative estimate of drug-likeness (QED) is 0.0914. The minimum atomic E-state index is -3.86. The van der Waals surface area contributed by atoms with Crippen LogP contribution in [-0.4, -0.2) is 171 Å². The van der Waals surface area contributed by atoms with Crippen molar-refractivity contribution >= 4 is 68.0 Å². The van der Waals surface area contributed by atoms with Gasteiger partial charge in [-0.1, -0.05) is 24.3 Å². The van der Waals surface area contributed by atoms with Gasteiger partial charge in [-0.2, -0.15) is 5.10 Å². The first-order chi connectivity index (χ1) is 37.3. The number of aryl methyl sites for hydroxylation is 2. The number of hydrogen-bond acceptors (Lipinski definition) is 17. The first kappa shape index (κ1) is 55.3. The van der Waals surface area contributed by atoms with Crippen LogP contribution < -0.4 is 30.9 Å². The maximum absolute atomic E-state index is 14.7. The molecule has 1 unspecified atom stereocenters. The van der Waals surface area contributed by atoms with Crippen LogP contribution in [0.3, 0.4) is 0 Å². The number of ether oxygens (including phenoxy) is 2. The van der Waals surface area contributed by atoms with Crippen molar-refractivity contribution in [1.29, 1.82) is 0 Å². The van der Waals surface area contributed by atoms with E-state index >= 15 is 0 Å². The lowest BCUT2D eigenvalue weighted by Crippen LogP contribution is -2.62. The summed E-state index contributed by atoms with van der Waals surface area (Å²) in [6.07, 6.45) is 6.88. The summed E-state index contributed by atoms with van der Waals surface area (Å²) in [5.74, 6) is -0.244. The summed E-state index contributed by atoms with van der Waals surface area (Å²) < 4.78 is 38.3. The van der Waals surface area contributed by atoms with Gasteiger partial charge >= 0.3 is 6.09 Å². The molecule has 24 heteroatoms. The molecule has 0 bridgehead atoms. The Morgan fingerprint density at radius 2 is 1.65 bits per heavy atom. The largest absolute Gasteiger partial charge is 0.492 e. The van der Waals surface area contributed by atoms with Crippen LogP contribution in [0, 0.1) is 13.8 Å². The number of anilines is 3. The molecule has 5 amide bonds. The van der Waals surface area contributed by atoms with Gasteiger partial charge in [0.05, 0.1) is 35.0 Å². The minimum Gasteiger partial charge on any atom is -0.492 e. The number of alkyl carbamates (subject to hydrolysis) is 1. The van der Waals surface area contributed by atoms with E-state index in [4.69, 9.17) is 9.47 Å². The van der Waals surface area contributed by atoms with Crippen LogP contribution in [0.25, 0.3) is 10.9 Å². The van der Waals surface area contributed by atoms with Gasteiger partial charge in [0, 0.05) is 87.5 Å². The van der Waals surface area contributed by atoms with Crippen molar-refractivity contribution < 1.29 is 41.9 Å². The molecule has 3 aliphatic heterocycles. The number of aromatic nitrogens is 6.